The van der Waals surface area contributed by atoms with Gasteiger partial charge in [-0.2, -0.15) is 0 Å². The third-order valence-corrected chi connectivity index (χ3v) is 1.89. The molecule has 1 N–H and O–H groups in total. The van der Waals surface area contributed by atoms with Crippen LogP contribution in [-0.4, -0.2) is 20.2 Å². The summed E-state index contributed by atoms with van der Waals surface area (Å²) in [5, 5.41) is 3.77. The predicted molar refractivity (Wildman–Crippen MR) is 55.0 cm³/mol. The van der Waals surface area contributed by atoms with E-state index < -0.39 is 0 Å². The van der Waals surface area contributed by atoms with Gasteiger partial charge in [0.15, 0.2) is 0 Å². The maximum Gasteiger partial charge on any atom is 0.0718 e. The lowest BCUT2D eigenvalue weighted by atomic mass is 10.2. The van der Waals surface area contributed by atoms with Crippen molar-refractivity contribution in [3.8, 4) is 0 Å². The Balaban J connectivity index is 2.28. The minimum Gasteiger partial charge on any atom is -0.375 e. The first-order valence-electron chi connectivity index (χ1n) is 4.29. The van der Waals surface area contributed by atoms with Crippen LogP contribution in [0.5, 0.6) is 0 Å². The molecule has 0 aromatic heterocycles. The largest absolute Gasteiger partial charge is 0.375 e. The summed E-state index contributed by atoms with van der Waals surface area (Å²) in [6.45, 7) is 2.23. The summed E-state index contributed by atoms with van der Waals surface area (Å²) in [6.07, 6.45) is 0. The molecule has 1 rings (SSSR count). The number of hydrogen-bond acceptors (Lipinski definition) is 2. The maximum absolute atomic E-state index is 5.82. The van der Waals surface area contributed by atoms with E-state index in [1.54, 1.807) is 0 Å². The number of benzene rings is 1. The lowest BCUT2D eigenvalue weighted by Gasteiger charge is -2.03. The fourth-order valence-corrected chi connectivity index (χ4v) is 1.20. The van der Waals surface area contributed by atoms with E-state index >= 15 is 0 Å². The molecule has 0 saturated heterocycles. The van der Waals surface area contributed by atoms with Crippen LogP contribution in [0.3, 0.4) is 0 Å². The third-order valence-electron chi connectivity index (χ3n) is 1.65. The Hall–Kier alpha value is -0.570. The number of nitrogens with one attached hydrogen (secondary N) is 1. The highest BCUT2D eigenvalue weighted by atomic mass is 35.5. The molecule has 0 aliphatic carbocycles. The van der Waals surface area contributed by atoms with Gasteiger partial charge in [0, 0.05) is 11.6 Å². The summed E-state index contributed by atoms with van der Waals surface area (Å²) in [5.41, 5.74) is 1.11. The molecule has 0 fully saturated rings. The van der Waals surface area contributed by atoms with Gasteiger partial charge >= 0.3 is 0 Å². The molecule has 72 valence electrons. The van der Waals surface area contributed by atoms with E-state index in [-0.39, 0.29) is 0 Å². The van der Waals surface area contributed by atoms with Crippen molar-refractivity contribution in [3.05, 3.63) is 34.9 Å². The second-order valence-electron chi connectivity index (χ2n) is 2.79. The van der Waals surface area contributed by atoms with Crippen LogP contribution in [-0.2, 0) is 11.3 Å². The van der Waals surface area contributed by atoms with E-state index in [0.29, 0.717) is 6.61 Å². The van der Waals surface area contributed by atoms with Gasteiger partial charge in [-0.15, -0.1) is 0 Å². The molecular formula is C10H14ClNO. The van der Waals surface area contributed by atoms with E-state index in [0.717, 1.165) is 23.7 Å². The Labute approximate surface area is 83.9 Å². The number of ether oxygens (including phenoxy) is 1. The molecule has 0 atom stereocenters. The molecular weight excluding hydrogens is 186 g/mol. The van der Waals surface area contributed by atoms with Gasteiger partial charge in [0.1, 0.15) is 0 Å². The molecule has 0 aliphatic heterocycles. The zero-order valence-electron chi connectivity index (χ0n) is 7.72. The summed E-state index contributed by atoms with van der Waals surface area (Å²) in [6, 6.07) is 7.71. The molecule has 0 unspecified atom stereocenters. The molecule has 0 amide bonds. The van der Waals surface area contributed by atoms with Gasteiger partial charge in [0.25, 0.3) is 0 Å². The van der Waals surface area contributed by atoms with E-state index in [1.807, 2.05) is 31.3 Å². The molecule has 1 aromatic rings. The van der Waals surface area contributed by atoms with Crippen molar-refractivity contribution in [3.63, 3.8) is 0 Å². The van der Waals surface area contributed by atoms with Crippen LogP contribution in [0.25, 0.3) is 0 Å². The van der Waals surface area contributed by atoms with Crippen LogP contribution in [0, 0.1) is 0 Å². The van der Waals surface area contributed by atoms with Gasteiger partial charge in [-0.05, 0) is 24.7 Å². The number of rotatable bonds is 5. The Morgan fingerprint density at radius 1 is 1.46 bits per heavy atom. The van der Waals surface area contributed by atoms with Crippen molar-refractivity contribution in [1.29, 1.82) is 0 Å². The third kappa shape index (κ3) is 4.27. The fourth-order valence-electron chi connectivity index (χ4n) is 0.991. The monoisotopic (exact) mass is 199 g/mol. The molecule has 0 radical (unpaired) electrons. The van der Waals surface area contributed by atoms with E-state index in [1.165, 1.54) is 0 Å². The summed E-state index contributed by atoms with van der Waals surface area (Å²) >= 11 is 5.82. The Bertz CT molecular complexity index is 252. The van der Waals surface area contributed by atoms with Crippen LogP contribution in [0.2, 0.25) is 5.02 Å². The second-order valence-corrected chi connectivity index (χ2v) is 3.22. The zero-order valence-corrected chi connectivity index (χ0v) is 8.47. The van der Waals surface area contributed by atoms with Crippen molar-refractivity contribution in [2.24, 2.45) is 0 Å². The Kier molecular flexibility index (Phi) is 4.83. The molecule has 1 aromatic carbocycles. The topological polar surface area (TPSA) is 21.3 Å². The van der Waals surface area contributed by atoms with Gasteiger partial charge in [-0.1, -0.05) is 23.7 Å². The van der Waals surface area contributed by atoms with Crippen LogP contribution in [0.15, 0.2) is 24.3 Å². The molecule has 13 heavy (non-hydrogen) atoms. The quantitative estimate of drug-likeness (QED) is 0.734. The minimum atomic E-state index is 0.627. The SMILES string of the molecule is CNCCOCc1cccc(Cl)c1. The highest BCUT2D eigenvalue weighted by Crippen LogP contribution is 2.11. The molecule has 0 bridgehead atoms. The number of hydrogen-bond donors (Lipinski definition) is 1. The summed E-state index contributed by atoms with van der Waals surface area (Å²) in [4.78, 5) is 0. The number of likely N-dealkylation sites (N-methyl/N-ethyl adjacent to an activating group) is 1. The van der Waals surface area contributed by atoms with Crippen LogP contribution in [0.1, 0.15) is 5.56 Å². The van der Waals surface area contributed by atoms with Gasteiger partial charge in [-0.3, -0.25) is 0 Å². The van der Waals surface area contributed by atoms with Crippen molar-refractivity contribution in [2.45, 2.75) is 6.61 Å². The number of halogens is 1. The zero-order chi connectivity index (χ0) is 9.52. The molecule has 0 heterocycles. The standard InChI is InChI=1S/C10H14ClNO/c1-12-5-6-13-8-9-3-2-4-10(11)7-9/h2-4,7,12H,5-6,8H2,1H3. The van der Waals surface area contributed by atoms with Crippen molar-refractivity contribution < 1.29 is 4.74 Å². The summed E-state index contributed by atoms with van der Waals surface area (Å²) < 4.78 is 5.39. The van der Waals surface area contributed by atoms with Crippen LogP contribution in [0.4, 0.5) is 0 Å². The van der Waals surface area contributed by atoms with Gasteiger partial charge in [0.05, 0.1) is 13.2 Å². The Morgan fingerprint density at radius 3 is 3.00 bits per heavy atom. The molecule has 0 spiro atoms. The molecule has 0 saturated carbocycles. The molecule has 3 heteroatoms. The van der Waals surface area contributed by atoms with Crippen molar-refractivity contribution in [2.75, 3.05) is 20.2 Å². The summed E-state index contributed by atoms with van der Waals surface area (Å²) in [7, 11) is 1.91. The average Bonchev–Trinajstić information content (AvgIpc) is 2.13. The van der Waals surface area contributed by atoms with Crippen molar-refractivity contribution in [1.82, 2.24) is 5.32 Å². The fraction of sp³-hybridized carbons (Fsp3) is 0.400. The highest BCUT2D eigenvalue weighted by molar-refractivity contribution is 6.30. The van der Waals surface area contributed by atoms with Crippen LogP contribution >= 0.6 is 11.6 Å². The first-order chi connectivity index (χ1) is 6.33. The lowest BCUT2D eigenvalue weighted by Crippen LogP contribution is -2.13. The first kappa shape index (κ1) is 10.5. The van der Waals surface area contributed by atoms with Crippen molar-refractivity contribution >= 4 is 11.6 Å². The van der Waals surface area contributed by atoms with Gasteiger partial charge < -0.3 is 10.1 Å². The van der Waals surface area contributed by atoms with Gasteiger partial charge in [0.2, 0.25) is 0 Å². The van der Waals surface area contributed by atoms with E-state index in [2.05, 4.69) is 5.32 Å². The average molecular weight is 200 g/mol. The normalized spacial score (nSPS) is 10.3. The highest BCUT2D eigenvalue weighted by Gasteiger charge is 1.93. The predicted octanol–water partition coefficient (Wildman–Crippen LogP) is 2.08. The first-order valence-corrected chi connectivity index (χ1v) is 4.67. The smallest absolute Gasteiger partial charge is 0.0718 e. The Morgan fingerprint density at radius 2 is 2.31 bits per heavy atom. The second kappa shape index (κ2) is 5.97. The minimum absolute atomic E-state index is 0.627. The molecule has 2 nitrogen and oxygen atoms in total. The van der Waals surface area contributed by atoms with Gasteiger partial charge in [-0.25, -0.2) is 0 Å². The van der Waals surface area contributed by atoms with Crippen LogP contribution < -0.4 is 5.32 Å². The molecule has 0 aliphatic rings. The van der Waals surface area contributed by atoms with E-state index in [4.69, 9.17) is 16.3 Å². The van der Waals surface area contributed by atoms with E-state index in [9.17, 15) is 0 Å². The maximum atomic E-state index is 5.82. The summed E-state index contributed by atoms with van der Waals surface area (Å²) in [5.74, 6) is 0. The lowest BCUT2D eigenvalue weighted by molar-refractivity contribution is 0.124.